The topological polar surface area (TPSA) is 341 Å². The van der Waals surface area contributed by atoms with Crippen molar-refractivity contribution < 1.29 is 185 Å². The number of nitrogens with zero attached hydrogens (tertiary/aromatic N) is 5. The standard InChI is InChI=1S/C37H32N6O15S4.4Na/c1-19-10-32(43-41-24-8-6-22-12-26(60(48,49)50)16-36(28(22)14-24)62(54,55)56)34(58-4)17-29(19)38-37(44)39-31-9-20(2)30(18-33(31)57-3)42-40-23-7-5-21-11-25(59(45,46)47)15-35(27(21)13-23)61(51,52)53;;;;/h5-18H,1-4H3,(H2,38,39,44)(H,45,46,47)(H,48,49,50)(H,51,52,53)(H,54,55,56);;;;/q;4*+1/p-4. The molecule has 6 aromatic rings. The van der Waals surface area contributed by atoms with E-state index in [1.807, 2.05) is 0 Å². The molecule has 0 amide bonds. The zero-order valence-electron chi connectivity index (χ0n) is 36.1. The predicted molar refractivity (Wildman–Crippen MR) is 216 cm³/mol. The van der Waals surface area contributed by atoms with Gasteiger partial charge in [0.1, 0.15) is 52.4 Å². The summed E-state index contributed by atoms with van der Waals surface area (Å²) >= 11 is 0. The van der Waals surface area contributed by atoms with Gasteiger partial charge in [0, 0.05) is 22.9 Å². The number of amidine groups is 1. The minimum Gasteiger partial charge on any atom is -0.846 e. The van der Waals surface area contributed by atoms with Gasteiger partial charge in [-0.25, -0.2) is 30.2 Å². The Balaban J connectivity index is 0.00000374. The van der Waals surface area contributed by atoms with Gasteiger partial charge in [0.05, 0.1) is 63.4 Å². The number of hydrogen-bond acceptors (Lipinski definition) is 19. The van der Waals surface area contributed by atoms with Crippen molar-refractivity contribution in [3.05, 3.63) is 96.1 Å². The summed E-state index contributed by atoms with van der Waals surface area (Å²) in [6, 6.07) is 15.6. The molecular formula is C37H28N6Na4O15S4. The number of methoxy groups -OCH3 is 2. The van der Waals surface area contributed by atoms with Crippen LogP contribution in [0.1, 0.15) is 11.1 Å². The number of ether oxygens (including phenoxy) is 2. The molecule has 0 heterocycles. The van der Waals surface area contributed by atoms with E-state index in [4.69, 9.17) is 9.47 Å². The van der Waals surface area contributed by atoms with E-state index in [0.717, 1.165) is 12.1 Å². The van der Waals surface area contributed by atoms with E-state index in [-0.39, 0.29) is 185 Å². The quantitative estimate of drug-likeness (QED) is 0.0379. The Morgan fingerprint density at radius 2 is 1.00 bits per heavy atom. The molecular weight excluding hydrogens is 989 g/mol. The van der Waals surface area contributed by atoms with Gasteiger partial charge in [0.2, 0.25) is 0 Å². The summed E-state index contributed by atoms with van der Waals surface area (Å²) in [6.07, 6.45) is 0. The van der Waals surface area contributed by atoms with Crippen molar-refractivity contribution in [3.8, 4) is 11.5 Å². The van der Waals surface area contributed by atoms with Crippen molar-refractivity contribution in [2.45, 2.75) is 33.4 Å². The number of hydrogen-bond donors (Lipinski definition) is 2. The first-order chi connectivity index (χ1) is 28.8. The molecule has 0 saturated carbocycles. The third kappa shape index (κ3) is 14.3. The zero-order chi connectivity index (χ0) is 45.5. The Kier molecular flexibility index (Phi) is 21.2. The van der Waals surface area contributed by atoms with E-state index < -0.39 is 66.1 Å². The molecule has 0 atom stereocenters. The van der Waals surface area contributed by atoms with Crippen LogP contribution in [0.25, 0.3) is 21.5 Å². The van der Waals surface area contributed by atoms with Crippen molar-refractivity contribution in [1.82, 2.24) is 0 Å². The van der Waals surface area contributed by atoms with Crippen molar-refractivity contribution >= 4 is 102 Å². The molecule has 0 aliphatic rings. The van der Waals surface area contributed by atoms with Crippen LogP contribution in [0, 0.1) is 13.8 Å². The zero-order valence-corrected chi connectivity index (χ0v) is 47.4. The van der Waals surface area contributed by atoms with Crippen LogP contribution in [0.5, 0.6) is 11.5 Å². The minimum atomic E-state index is -5.22. The molecule has 0 aromatic heterocycles. The van der Waals surface area contributed by atoms with Crippen LogP contribution in [0.15, 0.2) is 130 Å². The Bertz CT molecular complexity index is 3420. The second kappa shape index (κ2) is 23.4. The maximum atomic E-state index is 13.2. The fourth-order valence-electron chi connectivity index (χ4n) is 5.96. The van der Waals surface area contributed by atoms with Gasteiger partial charge >= 0.3 is 118 Å². The normalized spacial score (nSPS) is 12.3. The summed E-state index contributed by atoms with van der Waals surface area (Å²) in [5.74, 6) is 0.257. The summed E-state index contributed by atoms with van der Waals surface area (Å²) in [6.45, 7) is 3.26. The molecule has 6 aromatic carbocycles. The Labute approximate surface area is 466 Å². The molecule has 324 valence electrons. The van der Waals surface area contributed by atoms with Crippen LogP contribution in [-0.4, -0.2) is 72.1 Å². The number of benzene rings is 6. The Hall–Kier alpha value is -2.45. The first-order valence-electron chi connectivity index (χ1n) is 17.1. The van der Waals surface area contributed by atoms with Gasteiger partial charge in [-0.2, -0.15) is 23.8 Å². The monoisotopic (exact) mass is 1020 g/mol. The fourth-order valence-corrected chi connectivity index (χ4v) is 8.62. The van der Waals surface area contributed by atoms with Crippen LogP contribution < -0.4 is 138 Å². The third-order valence-corrected chi connectivity index (χ3v) is 12.3. The van der Waals surface area contributed by atoms with Crippen molar-refractivity contribution in [2.24, 2.45) is 25.4 Å². The summed E-state index contributed by atoms with van der Waals surface area (Å²) < 4.78 is 150. The molecule has 0 fully saturated rings. The number of anilines is 1. The molecule has 2 N–H and O–H groups in total. The van der Waals surface area contributed by atoms with E-state index in [1.165, 1.54) is 74.9 Å². The number of aryl methyl sites for hydroxylation is 2. The van der Waals surface area contributed by atoms with E-state index in [9.17, 15) is 57.0 Å². The number of fused-ring (bicyclic) bond motifs is 2. The summed E-state index contributed by atoms with van der Waals surface area (Å²) in [5, 5.41) is 32.0. The van der Waals surface area contributed by atoms with Crippen LogP contribution >= 0.6 is 0 Å². The van der Waals surface area contributed by atoms with Gasteiger partial charge < -0.3 is 33.6 Å². The van der Waals surface area contributed by atoms with Crippen molar-refractivity contribution in [2.75, 3.05) is 19.5 Å². The van der Waals surface area contributed by atoms with E-state index in [1.54, 1.807) is 13.8 Å². The van der Waals surface area contributed by atoms with E-state index in [0.29, 0.717) is 23.3 Å². The molecule has 0 aliphatic carbocycles. The van der Waals surface area contributed by atoms with Gasteiger partial charge in [-0.3, -0.25) is 4.55 Å². The van der Waals surface area contributed by atoms with Gasteiger partial charge in [0.15, 0.2) is 0 Å². The Morgan fingerprint density at radius 3 is 1.47 bits per heavy atom. The van der Waals surface area contributed by atoms with Crippen molar-refractivity contribution in [1.29, 1.82) is 0 Å². The second-order valence-electron chi connectivity index (χ2n) is 13.1. The maximum Gasteiger partial charge on any atom is 1.00 e. The average Bonchev–Trinajstić information content (AvgIpc) is 3.18. The molecule has 0 spiro atoms. The molecule has 0 saturated heterocycles. The van der Waals surface area contributed by atoms with Gasteiger partial charge in [-0.1, -0.05) is 12.1 Å². The molecule has 0 bridgehead atoms. The van der Waals surface area contributed by atoms with Crippen LogP contribution in [-0.2, 0) is 40.5 Å². The van der Waals surface area contributed by atoms with Gasteiger partial charge in [0.25, 0.3) is 10.1 Å². The first kappa shape index (κ1) is 59.7. The number of nitrogens with one attached hydrogen (secondary N) is 1. The van der Waals surface area contributed by atoms with E-state index >= 15 is 0 Å². The molecule has 66 heavy (non-hydrogen) atoms. The SMILES string of the molecule is COc1cc(N=C([O-])Nc2cc(C)c(N=Nc3ccc4cc(S(=O)(=O)[O-])cc(S(=O)(=O)[O-])c4c3)cc2OC)c(C)cc1N=Nc1ccc2cc(S(=O)(=O)[O-])cc(S(=O)(=O)O)c2c1.[Na+].[Na+].[Na+].[Na+]. The minimum absolute atomic E-state index is 0. The number of azo groups is 2. The second-order valence-corrected chi connectivity index (χ2v) is 18.6. The maximum absolute atomic E-state index is 13.2. The average molecular weight is 1020 g/mol. The molecule has 21 nitrogen and oxygen atoms in total. The number of rotatable bonds is 12. The number of aliphatic imine (C=N–C) groups is 1. The Morgan fingerprint density at radius 1 is 0.545 bits per heavy atom. The first-order valence-corrected chi connectivity index (χ1v) is 22.8. The molecule has 0 radical (unpaired) electrons. The van der Waals surface area contributed by atoms with E-state index in [2.05, 4.69) is 30.8 Å². The fraction of sp³-hybridized carbons (Fsp3) is 0.108. The molecule has 6 rings (SSSR count). The third-order valence-electron chi connectivity index (χ3n) is 8.90. The molecule has 29 heteroatoms. The van der Waals surface area contributed by atoms with Gasteiger partial charge in [-0.05, 0) is 96.4 Å². The summed E-state index contributed by atoms with van der Waals surface area (Å²) in [7, 11) is -17.7. The van der Waals surface area contributed by atoms with Crippen LogP contribution in [0.3, 0.4) is 0 Å². The summed E-state index contributed by atoms with van der Waals surface area (Å²) in [4.78, 5) is 0.617. The summed E-state index contributed by atoms with van der Waals surface area (Å²) in [5.41, 5.74) is 1.82. The van der Waals surface area contributed by atoms with Crippen LogP contribution in [0.4, 0.5) is 34.1 Å². The van der Waals surface area contributed by atoms with Gasteiger partial charge in [-0.15, -0.1) is 5.11 Å². The predicted octanol–water partition coefficient (Wildman–Crippen LogP) is -6.11. The molecule has 0 unspecified atom stereocenters. The van der Waals surface area contributed by atoms with Crippen LogP contribution in [0.2, 0.25) is 0 Å². The molecule has 0 aliphatic heterocycles. The largest absolute Gasteiger partial charge is 1.00 e. The smallest absolute Gasteiger partial charge is 0.846 e. The van der Waals surface area contributed by atoms with Crippen molar-refractivity contribution in [3.63, 3.8) is 0 Å².